The third kappa shape index (κ3) is 4.30. The molecular weight excluding hydrogens is 402 g/mol. The lowest BCUT2D eigenvalue weighted by atomic mass is 9.87. The van der Waals surface area contributed by atoms with E-state index in [0.29, 0.717) is 16.8 Å². The first-order valence-electron chi connectivity index (χ1n) is 9.54. The summed E-state index contributed by atoms with van der Waals surface area (Å²) in [5.74, 6) is -1.54. The predicted molar refractivity (Wildman–Crippen MR) is 112 cm³/mol. The van der Waals surface area contributed by atoms with Gasteiger partial charge < -0.3 is 15.3 Å². The highest BCUT2D eigenvalue weighted by atomic mass is 19.1. The zero-order valence-corrected chi connectivity index (χ0v) is 16.2. The van der Waals surface area contributed by atoms with E-state index in [-0.39, 0.29) is 17.5 Å². The number of aromatic hydroxyl groups is 1. The molecule has 0 aromatic heterocycles. The van der Waals surface area contributed by atoms with Gasteiger partial charge in [0.05, 0.1) is 6.04 Å². The van der Waals surface area contributed by atoms with Crippen LogP contribution in [0.3, 0.4) is 0 Å². The van der Waals surface area contributed by atoms with Crippen LogP contribution in [0.15, 0.2) is 78.9 Å². The third-order valence-electron chi connectivity index (χ3n) is 5.03. The van der Waals surface area contributed by atoms with E-state index in [0.717, 1.165) is 0 Å². The topological polar surface area (TPSA) is 69.6 Å². The third-order valence-corrected chi connectivity index (χ3v) is 5.03. The molecule has 2 atom stereocenters. The number of anilines is 1. The van der Waals surface area contributed by atoms with Gasteiger partial charge in [0.2, 0.25) is 5.91 Å². The molecule has 2 N–H and O–H groups in total. The lowest BCUT2D eigenvalue weighted by Gasteiger charge is -2.47. The predicted octanol–water partition coefficient (Wildman–Crippen LogP) is 3.96. The summed E-state index contributed by atoms with van der Waals surface area (Å²) in [5, 5.41) is 12.3. The molecule has 1 aliphatic rings. The number of nitrogens with one attached hydrogen (secondary N) is 1. The summed E-state index contributed by atoms with van der Waals surface area (Å²) >= 11 is 0. The van der Waals surface area contributed by atoms with E-state index >= 15 is 0 Å². The molecule has 3 aromatic rings. The smallest absolute Gasteiger partial charge is 0.252 e. The molecule has 2 amide bonds. The zero-order valence-electron chi connectivity index (χ0n) is 16.2. The Kier molecular flexibility index (Phi) is 5.49. The first-order chi connectivity index (χ1) is 14.9. The molecule has 4 rings (SSSR count). The van der Waals surface area contributed by atoms with Crippen molar-refractivity contribution in [1.82, 2.24) is 5.32 Å². The minimum Gasteiger partial charge on any atom is -0.508 e. The highest BCUT2D eigenvalue weighted by Gasteiger charge is 2.49. The van der Waals surface area contributed by atoms with E-state index in [1.807, 2.05) is 0 Å². The number of carbonyl (C=O) groups excluding carboxylic acids is 2. The Labute approximate surface area is 177 Å². The van der Waals surface area contributed by atoms with E-state index in [4.69, 9.17) is 0 Å². The number of nitrogens with zero attached hydrogens (tertiary/aromatic N) is 1. The van der Waals surface area contributed by atoms with E-state index < -0.39 is 23.8 Å². The highest BCUT2D eigenvalue weighted by molar-refractivity contribution is 6.08. The first-order valence-corrected chi connectivity index (χ1v) is 9.54. The number of hydrogen-bond donors (Lipinski definition) is 2. The van der Waals surface area contributed by atoms with Crippen LogP contribution in [-0.4, -0.2) is 23.0 Å². The van der Waals surface area contributed by atoms with Crippen LogP contribution in [0.4, 0.5) is 14.5 Å². The van der Waals surface area contributed by atoms with Gasteiger partial charge in [-0.1, -0.05) is 24.3 Å². The molecule has 7 heteroatoms. The van der Waals surface area contributed by atoms with Gasteiger partial charge in [0, 0.05) is 11.8 Å². The molecule has 1 fully saturated rings. The van der Waals surface area contributed by atoms with Crippen LogP contribution in [0.2, 0.25) is 0 Å². The number of phenolic OH excluding ortho intramolecular Hbond substituents is 1. The summed E-state index contributed by atoms with van der Waals surface area (Å²) < 4.78 is 26.3. The fourth-order valence-corrected chi connectivity index (χ4v) is 3.48. The molecule has 1 saturated heterocycles. The fraction of sp³-hybridized carbons (Fsp3) is 0.0833. The monoisotopic (exact) mass is 420 g/mol. The van der Waals surface area contributed by atoms with Gasteiger partial charge in [-0.25, -0.2) is 8.78 Å². The Morgan fingerprint density at radius 1 is 0.903 bits per heavy atom. The van der Waals surface area contributed by atoms with Crippen molar-refractivity contribution in [3.63, 3.8) is 0 Å². The van der Waals surface area contributed by atoms with Crippen molar-refractivity contribution in [3.8, 4) is 5.75 Å². The van der Waals surface area contributed by atoms with Crippen molar-refractivity contribution in [3.05, 3.63) is 102 Å². The SMILES string of the molecule is O=C(/C=C/c1ccc(F)cc1)N[C@H]1C(=O)N(c2ccc(F)cc2)[C@H]1c1ccc(O)cc1. The molecule has 0 radical (unpaired) electrons. The van der Waals surface area contributed by atoms with Crippen LogP contribution >= 0.6 is 0 Å². The van der Waals surface area contributed by atoms with Crippen LogP contribution < -0.4 is 10.2 Å². The Morgan fingerprint density at radius 2 is 1.48 bits per heavy atom. The Morgan fingerprint density at radius 3 is 2.10 bits per heavy atom. The van der Waals surface area contributed by atoms with Crippen LogP contribution in [-0.2, 0) is 9.59 Å². The number of hydrogen-bond acceptors (Lipinski definition) is 3. The maximum atomic E-state index is 13.3. The van der Waals surface area contributed by atoms with E-state index in [2.05, 4.69) is 5.32 Å². The minimum atomic E-state index is -0.833. The molecule has 0 aliphatic carbocycles. The first kappa shape index (κ1) is 20.3. The molecular formula is C24H18F2N2O3. The number of benzene rings is 3. The number of phenols is 1. The Balaban J connectivity index is 1.55. The van der Waals surface area contributed by atoms with E-state index in [9.17, 15) is 23.5 Å². The molecule has 0 bridgehead atoms. The lowest BCUT2D eigenvalue weighted by Crippen LogP contribution is -2.65. The van der Waals surface area contributed by atoms with Crippen molar-refractivity contribution in [2.75, 3.05) is 4.90 Å². The van der Waals surface area contributed by atoms with Crippen molar-refractivity contribution in [2.45, 2.75) is 12.1 Å². The van der Waals surface area contributed by atoms with Crippen LogP contribution in [0.25, 0.3) is 6.08 Å². The van der Waals surface area contributed by atoms with Crippen LogP contribution in [0.5, 0.6) is 5.75 Å². The molecule has 1 heterocycles. The number of rotatable bonds is 5. The summed E-state index contributed by atoms with van der Waals surface area (Å²) in [7, 11) is 0. The van der Waals surface area contributed by atoms with Gasteiger partial charge >= 0.3 is 0 Å². The lowest BCUT2D eigenvalue weighted by molar-refractivity contribution is -0.131. The highest BCUT2D eigenvalue weighted by Crippen LogP contribution is 2.39. The number of β-lactam (4-membered cyclic amide) rings is 1. The maximum Gasteiger partial charge on any atom is 0.252 e. The average molecular weight is 420 g/mol. The average Bonchev–Trinajstić information content (AvgIpc) is 2.77. The van der Waals surface area contributed by atoms with E-state index in [1.165, 1.54) is 77.7 Å². The normalized spacial score (nSPS) is 18.1. The van der Waals surface area contributed by atoms with Gasteiger partial charge in [0.25, 0.3) is 5.91 Å². The molecule has 5 nitrogen and oxygen atoms in total. The summed E-state index contributed by atoms with van der Waals surface area (Å²) in [6, 6.07) is 16.1. The van der Waals surface area contributed by atoms with Crippen LogP contribution in [0.1, 0.15) is 17.2 Å². The quantitative estimate of drug-likeness (QED) is 0.485. The molecule has 1 aliphatic heterocycles. The second-order valence-corrected chi connectivity index (χ2v) is 7.09. The largest absolute Gasteiger partial charge is 0.508 e. The molecule has 0 saturated carbocycles. The number of halogens is 2. The molecule has 3 aromatic carbocycles. The maximum absolute atomic E-state index is 13.3. The second kappa shape index (κ2) is 8.39. The van der Waals surface area contributed by atoms with Gasteiger partial charge in [-0.05, 0) is 65.7 Å². The Bertz CT molecular complexity index is 1130. The molecule has 0 unspecified atom stereocenters. The summed E-state index contributed by atoms with van der Waals surface area (Å²) in [6.45, 7) is 0. The standard InChI is InChI=1S/C24H18F2N2O3/c25-17-6-1-15(2-7-17)3-14-21(30)27-22-23(16-4-12-20(29)13-5-16)28(24(22)31)19-10-8-18(26)9-11-19/h1-14,22-23,29H,(H,27,30)/b14-3+/t22-,23+/m1/s1. The number of amides is 2. The van der Waals surface area contributed by atoms with Gasteiger partial charge in [-0.3, -0.25) is 9.59 Å². The summed E-state index contributed by atoms with van der Waals surface area (Å²) in [5.41, 5.74) is 1.84. The van der Waals surface area contributed by atoms with Crippen molar-refractivity contribution < 1.29 is 23.5 Å². The van der Waals surface area contributed by atoms with Crippen molar-refractivity contribution in [1.29, 1.82) is 0 Å². The summed E-state index contributed by atoms with van der Waals surface area (Å²) in [6.07, 6.45) is 2.79. The zero-order chi connectivity index (χ0) is 22.0. The van der Waals surface area contributed by atoms with Crippen molar-refractivity contribution in [2.24, 2.45) is 0 Å². The molecule has 156 valence electrons. The number of carbonyl (C=O) groups is 2. The van der Waals surface area contributed by atoms with Gasteiger partial charge in [-0.15, -0.1) is 0 Å². The molecule has 0 spiro atoms. The molecule has 31 heavy (non-hydrogen) atoms. The fourth-order valence-electron chi connectivity index (χ4n) is 3.48. The van der Waals surface area contributed by atoms with E-state index in [1.54, 1.807) is 12.1 Å². The van der Waals surface area contributed by atoms with Gasteiger partial charge in [0.1, 0.15) is 23.4 Å². The minimum absolute atomic E-state index is 0.0746. The van der Waals surface area contributed by atoms with Crippen LogP contribution in [0, 0.1) is 11.6 Å². The summed E-state index contributed by atoms with van der Waals surface area (Å²) in [4.78, 5) is 26.7. The second-order valence-electron chi connectivity index (χ2n) is 7.09. The van der Waals surface area contributed by atoms with Gasteiger partial charge in [-0.2, -0.15) is 0 Å². The van der Waals surface area contributed by atoms with Crippen molar-refractivity contribution >= 4 is 23.6 Å². The Hall–Kier alpha value is -4.00. The van der Waals surface area contributed by atoms with Gasteiger partial charge in [0.15, 0.2) is 0 Å².